The van der Waals surface area contributed by atoms with E-state index in [1.165, 1.54) is 37.9 Å². The van der Waals surface area contributed by atoms with Crippen LogP contribution in [0.4, 0.5) is 0 Å². The predicted molar refractivity (Wildman–Crippen MR) is 72.7 cm³/mol. The van der Waals surface area contributed by atoms with Crippen LogP contribution in [-0.2, 0) is 6.54 Å². The van der Waals surface area contributed by atoms with Crippen LogP contribution in [-0.4, -0.2) is 27.8 Å². The fourth-order valence-corrected chi connectivity index (χ4v) is 2.54. The number of likely N-dealkylation sites (tertiary alicyclic amines) is 1. The minimum absolute atomic E-state index is 1.03. The van der Waals surface area contributed by atoms with Crippen molar-refractivity contribution in [2.75, 3.05) is 13.1 Å². The maximum Gasteiger partial charge on any atom is 0.0645 e. The van der Waals surface area contributed by atoms with Gasteiger partial charge in [-0.2, -0.15) is 5.10 Å². The number of rotatable bonds is 3. The zero-order valence-corrected chi connectivity index (χ0v) is 10.6. The summed E-state index contributed by atoms with van der Waals surface area (Å²) in [4.78, 5) is 2.52. The highest BCUT2D eigenvalue weighted by molar-refractivity contribution is 5.30. The molecule has 0 amide bonds. The van der Waals surface area contributed by atoms with Crippen molar-refractivity contribution >= 4 is 0 Å². The lowest BCUT2D eigenvalue weighted by Gasteiger charge is -2.25. The molecule has 1 aliphatic heterocycles. The lowest BCUT2D eigenvalue weighted by Crippen LogP contribution is -2.28. The fraction of sp³-hybridized carbons (Fsp3) is 0.400. The molecule has 2 heterocycles. The molecule has 1 fully saturated rings. The molecule has 0 aliphatic carbocycles. The largest absolute Gasteiger partial charge is 0.299 e. The summed E-state index contributed by atoms with van der Waals surface area (Å²) < 4.78 is 1.96. The lowest BCUT2D eigenvalue weighted by atomic mass is 10.1. The molecule has 1 saturated heterocycles. The van der Waals surface area contributed by atoms with Gasteiger partial charge in [0.15, 0.2) is 0 Å². The van der Waals surface area contributed by atoms with Gasteiger partial charge in [-0.3, -0.25) is 4.90 Å². The normalized spacial score (nSPS) is 16.9. The molecule has 0 atom stereocenters. The van der Waals surface area contributed by atoms with E-state index in [9.17, 15) is 0 Å². The Kier molecular flexibility index (Phi) is 3.42. The molecular weight excluding hydrogens is 222 g/mol. The molecule has 94 valence electrons. The van der Waals surface area contributed by atoms with Crippen molar-refractivity contribution in [3.63, 3.8) is 0 Å². The van der Waals surface area contributed by atoms with Gasteiger partial charge in [0.1, 0.15) is 0 Å². The highest BCUT2D eigenvalue weighted by atomic mass is 15.3. The van der Waals surface area contributed by atoms with E-state index >= 15 is 0 Å². The molecule has 1 aliphatic rings. The second-order valence-corrected chi connectivity index (χ2v) is 4.97. The van der Waals surface area contributed by atoms with Crippen molar-refractivity contribution < 1.29 is 0 Å². The molecule has 1 aromatic carbocycles. The summed E-state index contributed by atoms with van der Waals surface area (Å²) in [6.45, 7) is 3.50. The zero-order valence-electron chi connectivity index (χ0n) is 10.6. The first-order valence-electron chi connectivity index (χ1n) is 6.73. The van der Waals surface area contributed by atoms with E-state index in [2.05, 4.69) is 28.3 Å². The van der Waals surface area contributed by atoms with Crippen molar-refractivity contribution in [2.24, 2.45) is 0 Å². The Bertz CT molecular complexity index is 483. The Labute approximate surface area is 108 Å². The molecule has 1 aromatic heterocycles. The van der Waals surface area contributed by atoms with Crippen LogP contribution in [0, 0.1) is 0 Å². The van der Waals surface area contributed by atoms with Crippen LogP contribution in [0.5, 0.6) is 0 Å². The number of hydrogen-bond donors (Lipinski definition) is 0. The van der Waals surface area contributed by atoms with Crippen LogP contribution in [0.25, 0.3) is 5.69 Å². The molecule has 0 bridgehead atoms. The minimum atomic E-state index is 1.03. The van der Waals surface area contributed by atoms with Crippen molar-refractivity contribution in [3.8, 4) is 5.69 Å². The summed E-state index contributed by atoms with van der Waals surface area (Å²) in [7, 11) is 0. The molecule has 3 heteroatoms. The Morgan fingerprint density at radius 1 is 1.00 bits per heavy atom. The average molecular weight is 241 g/mol. The number of nitrogens with zero attached hydrogens (tertiary/aromatic N) is 3. The van der Waals surface area contributed by atoms with Gasteiger partial charge in [-0.25, -0.2) is 4.68 Å². The Morgan fingerprint density at radius 3 is 2.56 bits per heavy atom. The smallest absolute Gasteiger partial charge is 0.0645 e. The van der Waals surface area contributed by atoms with Gasteiger partial charge in [0.2, 0.25) is 0 Å². The summed E-state index contributed by atoms with van der Waals surface area (Å²) in [5.74, 6) is 0. The van der Waals surface area contributed by atoms with E-state index in [4.69, 9.17) is 0 Å². The molecule has 0 unspecified atom stereocenters. The van der Waals surface area contributed by atoms with Crippen LogP contribution < -0.4 is 0 Å². The van der Waals surface area contributed by atoms with Crippen molar-refractivity contribution in [1.29, 1.82) is 0 Å². The quantitative estimate of drug-likeness (QED) is 0.824. The summed E-state index contributed by atoms with van der Waals surface area (Å²) >= 11 is 0. The van der Waals surface area contributed by atoms with E-state index in [0.717, 1.165) is 12.2 Å². The standard InChI is InChI=1S/C15H19N3/c1-3-7-15(8-4-1)18-13-14(11-16-18)12-17-9-5-2-6-10-17/h1,3-4,7-8,11,13H,2,5-6,9-10,12H2. The molecule has 0 spiro atoms. The minimum Gasteiger partial charge on any atom is -0.299 e. The third kappa shape index (κ3) is 2.62. The lowest BCUT2D eigenvalue weighted by molar-refractivity contribution is 0.221. The van der Waals surface area contributed by atoms with E-state index < -0.39 is 0 Å². The molecular formula is C15H19N3. The number of benzene rings is 1. The van der Waals surface area contributed by atoms with Gasteiger partial charge in [0.25, 0.3) is 0 Å². The zero-order chi connectivity index (χ0) is 12.2. The van der Waals surface area contributed by atoms with Crippen LogP contribution in [0.15, 0.2) is 42.7 Å². The van der Waals surface area contributed by atoms with Gasteiger partial charge in [-0.05, 0) is 38.1 Å². The molecule has 3 nitrogen and oxygen atoms in total. The Balaban J connectivity index is 1.69. The molecule has 0 N–H and O–H groups in total. The number of hydrogen-bond acceptors (Lipinski definition) is 2. The first kappa shape index (κ1) is 11.5. The Morgan fingerprint density at radius 2 is 1.78 bits per heavy atom. The Hall–Kier alpha value is -1.61. The number of aromatic nitrogens is 2. The van der Waals surface area contributed by atoms with Crippen molar-refractivity contribution in [3.05, 3.63) is 48.3 Å². The van der Waals surface area contributed by atoms with Crippen LogP contribution in [0.1, 0.15) is 24.8 Å². The highest BCUT2D eigenvalue weighted by Gasteiger charge is 2.11. The molecule has 2 aromatic rings. The van der Waals surface area contributed by atoms with E-state index in [1.54, 1.807) is 0 Å². The van der Waals surface area contributed by atoms with Gasteiger partial charge in [0, 0.05) is 18.3 Å². The average Bonchev–Trinajstić information content (AvgIpc) is 2.89. The van der Waals surface area contributed by atoms with Crippen molar-refractivity contribution in [1.82, 2.24) is 14.7 Å². The second-order valence-electron chi connectivity index (χ2n) is 4.97. The molecule has 0 saturated carbocycles. The van der Waals surface area contributed by atoms with Crippen LogP contribution >= 0.6 is 0 Å². The SMILES string of the molecule is c1ccc(-n2cc(CN3CCCCC3)cn2)cc1. The molecule has 0 radical (unpaired) electrons. The third-order valence-electron chi connectivity index (χ3n) is 3.51. The third-order valence-corrected chi connectivity index (χ3v) is 3.51. The topological polar surface area (TPSA) is 21.1 Å². The van der Waals surface area contributed by atoms with Gasteiger partial charge in [0.05, 0.1) is 11.9 Å². The van der Waals surface area contributed by atoms with Crippen LogP contribution in [0.2, 0.25) is 0 Å². The van der Waals surface area contributed by atoms with Crippen LogP contribution in [0.3, 0.4) is 0 Å². The maximum absolute atomic E-state index is 4.44. The van der Waals surface area contributed by atoms with E-state index in [-0.39, 0.29) is 0 Å². The van der Waals surface area contributed by atoms with E-state index in [0.29, 0.717) is 0 Å². The van der Waals surface area contributed by atoms with Gasteiger partial charge in [-0.15, -0.1) is 0 Å². The van der Waals surface area contributed by atoms with Gasteiger partial charge in [-0.1, -0.05) is 24.6 Å². The second kappa shape index (κ2) is 5.36. The first-order valence-corrected chi connectivity index (χ1v) is 6.73. The van der Waals surface area contributed by atoms with Gasteiger partial charge < -0.3 is 0 Å². The fourth-order valence-electron chi connectivity index (χ4n) is 2.54. The molecule has 3 rings (SSSR count). The summed E-state index contributed by atoms with van der Waals surface area (Å²) in [6.07, 6.45) is 8.20. The van der Waals surface area contributed by atoms with E-state index in [1.807, 2.05) is 29.1 Å². The summed E-state index contributed by atoms with van der Waals surface area (Å²) in [6, 6.07) is 10.3. The van der Waals surface area contributed by atoms with Gasteiger partial charge >= 0.3 is 0 Å². The number of piperidine rings is 1. The molecule has 18 heavy (non-hydrogen) atoms. The summed E-state index contributed by atoms with van der Waals surface area (Å²) in [5, 5.41) is 4.44. The monoisotopic (exact) mass is 241 g/mol. The number of para-hydroxylation sites is 1. The van der Waals surface area contributed by atoms with Crippen molar-refractivity contribution in [2.45, 2.75) is 25.8 Å². The predicted octanol–water partition coefficient (Wildman–Crippen LogP) is 2.86. The maximum atomic E-state index is 4.44. The highest BCUT2D eigenvalue weighted by Crippen LogP contribution is 2.14. The summed E-state index contributed by atoms with van der Waals surface area (Å²) in [5.41, 5.74) is 2.43. The first-order chi connectivity index (χ1) is 8.92.